The van der Waals surface area contributed by atoms with Crippen molar-refractivity contribution in [2.75, 3.05) is 13.6 Å². The number of hydrogen-bond acceptors (Lipinski definition) is 3. The number of imidazole rings is 1. The first-order valence-electron chi connectivity index (χ1n) is 7.49. The van der Waals surface area contributed by atoms with Gasteiger partial charge in [-0.25, -0.2) is 4.98 Å². The smallest absolute Gasteiger partial charge is 0.0949 e. The molecule has 4 nitrogen and oxygen atoms in total. The lowest BCUT2D eigenvalue weighted by Crippen LogP contribution is -2.35. The fourth-order valence-electron chi connectivity index (χ4n) is 2.40. The highest BCUT2D eigenvalue weighted by Crippen LogP contribution is 2.27. The third kappa shape index (κ3) is 4.32. The van der Waals surface area contributed by atoms with Crippen molar-refractivity contribution >= 4 is 0 Å². The zero-order valence-electron chi connectivity index (χ0n) is 12.8. The summed E-state index contributed by atoms with van der Waals surface area (Å²) < 4.78 is 2.29. The van der Waals surface area contributed by atoms with E-state index in [-0.39, 0.29) is 0 Å². The molecule has 0 spiro atoms. The molecule has 1 aromatic rings. The fraction of sp³-hybridized carbons (Fsp3) is 0.800. The van der Waals surface area contributed by atoms with Crippen LogP contribution in [0.15, 0.2) is 12.5 Å². The standard InChI is InChI=1S/C15H28N4/c1-12(2)7-16-8-15-9-17-11-19(15)10-13(3)18(4)14-5-6-14/h9,11-14,16H,5-8,10H2,1-4H3. The topological polar surface area (TPSA) is 33.1 Å². The maximum absolute atomic E-state index is 4.30. The van der Waals surface area contributed by atoms with Crippen LogP contribution < -0.4 is 5.32 Å². The molecule has 1 aromatic heterocycles. The molecule has 108 valence electrons. The summed E-state index contributed by atoms with van der Waals surface area (Å²) in [6, 6.07) is 1.39. The average Bonchev–Trinajstić information content (AvgIpc) is 3.11. The Bertz CT molecular complexity index is 381. The number of hydrogen-bond donors (Lipinski definition) is 1. The minimum Gasteiger partial charge on any atom is -0.332 e. The first-order chi connectivity index (χ1) is 9.08. The molecule has 1 heterocycles. The molecule has 2 rings (SSSR count). The molecule has 1 saturated carbocycles. The Hall–Kier alpha value is -0.870. The van der Waals surface area contributed by atoms with Crippen molar-refractivity contribution < 1.29 is 0 Å². The molecule has 0 amide bonds. The number of nitrogens with one attached hydrogen (secondary N) is 1. The predicted octanol–water partition coefficient (Wildman–Crippen LogP) is 2.11. The van der Waals surface area contributed by atoms with E-state index in [1.165, 1.54) is 18.5 Å². The Kier molecular flexibility index (Phi) is 4.99. The Labute approximate surface area is 117 Å². The van der Waals surface area contributed by atoms with E-state index in [2.05, 4.69) is 47.6 Å². The van der Waals surface area contributed by atoms with Gasteiger partial charge < -0.3 is 9.88 Å². The highest BCUT2D eigenvalue weighted by Gasteiger charge is 2.29. The van der Waals surface area contributed by atoms with E-state index in [9.17, 15) is 0 Å². The minimum absolute atomic E-state index is 0.575. The zero-order chi connectivity index (χ0) is 13.8. The quantitative estimate of drug-likeness (QED) is 0.780. The van der Waals surface area contributed by atoms with Crippen LogP contribution >= 0.6 is 0 Å². The summed E-state index contributed by atoms with van der Waals surface area (Å²) in [5.41, 5.74) is 1.29. The molecule has 19 heavy (non-hydrogen) atoms. The van der Waals surface area contributed by atoms with E-state index in [1.807, 2.05) is 12.5 Å². The summed E-state index contributed by atoms with van der Waals surface area (Å²) in [6.45, 7) is 9.78. The zero-order valence-corrected chi connectivity index (χ0v) is 12.8. The van der Waals surface area contributed by atoms with Gasteiger partial charge >= 0.3 is 0 Å². The van der Waals surface area contributed by atoms with Crippen molar-refractivity contribution in [3.63, 3.8) is 0 Å². The molecule has 0 saturated heterocycles. The summed E-state index contributed by atoms with van der Waals surface area (Å²) in [4.78, 5) is 6.80. The van der Waals surface area contributed by atoms with E-state index in [4.69, 9.17) is 0 Å². The van der Waals surface area contributed by atoms with Crippen LogP contribution in [0.2, 0.25) is 0 Å². The minimum atomic E-state index is 0.575. The Morgan fingerprint density at radius 2 is 2.16 bits per heavy atom. The Morgan fingerprint density at radius 3 is 2.79 bits per heavy atom. The molecule has 1 N–H and O–H groups in total. The summed E-state index contributed by atoms with van der Waals surface area (Å²) in [6.07, 6.45) is 6.68. The van der Waals surface area contributed by atoms with Gasteiger partial charge in [-0.3, -0.25) is 4.90 Å². The Morgan fingerprint density at radius 1 is 1.42 bits per heavy atom. The van der Waals surface area contributed by atoms with Crippen molar-refractivity contribution in [3.05, 3.63) is 18.2 Å². The molecule has 1 atom stereocenters. The van der Waals surface area contributed by atoms with Gasteiger partial charge in [0.25, 0.3) is 0 Å². The van der Waals surface area contributed by atoms with Gasteiger partial charge in [-0.05, 0) is 39.3 Å². The molecule has 0 bridgehead atoms. The highest BCUT2D eigenvalue weighted by molar-refractivity contribution is 4.99. The van der Waals surface area contributed by atoms with E-state index >= 15 is 0 Å². The molecular formula is C15H28N4. The van der Waals surface area contributed by atoms with Crippen molar-refractivity contribution in [1.29, 1.82) is 0 Å². The van der Waals surface area contributed by atoms with E-state index in [0.717, 1.165) is 25.7 Å². The highest BCUT2D eigenvalue weighted by atomic mass is 15.2. The van der Waals surface area contributed by atoms with Gasteiger partial charge in [0.2, 0.25) is 0 Å². The summed E-state index contributed by atoms with van der Waals surface area (Å²) >= 11 is 0. The summed E-state index contributed by atoms with van der Waals surface area (Å²) in [7, 11) is 2.25. The molecular weight excluding hydrogens is 236 g/mol. The summed E-state index contributed by atoms with van der Waals surface area (Å²) in [5.74, 6) is 0.691. The van der Waals surface area contributed by atoms with Crippen LogP contribution in [-0.4, -0.2) is 40.1 Å². The lowest BCUT2D eigenvalue weighted by Gasteiger charge is -2.25. The van der Waals surface area contributed by atoms with Gasteiger partial charge in [-0.1, -0.05) is 13.8 Å². The van der Waals surface area contributed by atoms with Crippen LogP contribution in [-0.2, 0) is 13.1 Å². The first kappa shape index (κ1) is 14.5. The number of aromatic nitrogens is 2. The fourth-order valence-corrected chi connectivity index (χ4v) is 2.40. The van der Waals surface area contributed by atoms with Crippen LogP contribution in [0.4, 0.5) is 0 Å². The van der Waals surface area contributed by atoms with Crippen LogP contribution in [0.3, 0.4) is 0 Å². The molecule has 0 aliphatic heterocycles. The Balaban J connectivity index is 1.84. The van der Waals surface area contributed by atoms with Gasteiger partial charge in [0.1, 0.15) is 0 Å². The van der Waals surface area contributed by atoms with Crippen molar-refractivity contribution in [2.45, 2.75) is 58.8 Å². The first-order valence-corrected chi connectivity index (χ1v) is 7.49. The van der Waals surface area contributed by atoms with Crippen LogP contribution in [0, 0.1) is 5.92 Å². The van der Waals surface area contributed by atoms with Crippen LogP contribution in [0.5, 0.6) is 0 Å². The van der Waals surface area contributed by atoms with Crippen molar-refractivity contribution in [2.24, 2.45) is 5.92 Å². The van der Waals surface area contributed by atoms with Crippen molar-refractivity contribution in [1.82, 2.24) is 19.8 Å². The number of nitrogens with zero attached hydrogens (tertiary/aromatic N) is 3. The van der Waals surface area contributed by atoms with Gasteiger partial charge in [-0.2, -0.15) is 0 Å². The second kappa shape index (κ2) is 6.53. The third-order valence-electron chi connectivity index (χ3n) is 3.94. The van der Waals surface area contributed by atoms with Crippen LogP contribution in [0.1, 0.15) is 39.3 Å². The van der Waals surface area contributed by atoms with E-state index < -0.39 is 0 Å². The van der Waals surface area contributed by atoms with Crippen LogP contribution in [0.25, 0.3) is 0 Å². The normalized spacial score (nSPS) is 17.4. The third-order valence-corrected chi connectivity index (χ3v) is 3.94. The maximum Gasteiger partial charge on any atom is 0.0949 e. The summed E-state index contributed by atoms with van der Waals surface area (Å²) in [5, 5.41) is 3.49. The molecule has 1 aliphatic rings. The second-order valence-corrected chi connectivity index (χ2v) is 6.31. The SMILES string of the molecule is CC(C)CNCc1cncn1CC(C)N(C)C1CC1. The van der Waals surface area contributed by atoms with E-state index in [1.54, 1.807) is 0 Å². The molecule has 1 unspecified atom stereocenters. The molecule has 0 radical (unpaired) electrons. The molecule has 4 heteroatoms. The predicted molar refractivity (Wildman–Crippen MR) is 79.0 cm³/mol. The molecule has 1 fully saturated rings. The molecule has 0 aromatic carbocycles. The van der Waals surface area contributed by atoms with Gasteiger partial charge in [-0.15, -0.1) is 0 Å². The largest absolute Gasteiger partial charge is 0.332 e. The van der Waals surface area contributed by atoms with E-state index in [0.29, 0.717) is 12.0 Å². The second-order valence-electron chi connectivity index (χ2n) is 6.31. The lowest BCUT2D eigenvalue weighted by molar-refractivity contribution is 0.224. The monoisotopic (exact) mass is 264 g/mol. The molecule has 1 aliphatic carbocycles. The lowest BCUT2D eigenvalue weighted by atomic mass is 10.2. The number of rotatable bonds is 8. The van der Waals surface area contributed by atoms with Gasteiger partial charge in [0, 0.05) is 31.4 Å². The average molecular weight is 264 g/mol. The van der Waals surface area contributed by atoms with Gasteiger partial charge in [0.15, 0.2) is 0 Å². The van der Waals surface area contributed by atoms with Crippen molar-refractivity contribution in [3.8, 4) is 0 Å². The maximum atomic E-state index is 4.30. The number of likely N-dealkylation sites (N-methyl/N-ethyl adjacent to an activating group) is 1. The van der Waals surface area contributed by atoms with Gasteiger partial charge in [0.05, 0.1) is 12.0 Å².